The van der Waals surface area contributed by atoms with Gasteiger partial charge >= 0.3 is 0 Å². The fraction of sp³-hybridized carbons (Fsp3) is 0.417. The van der Waals surface area contributed by atoms with Gasteiger partial charge in [0, 0.05) is 35.0 Å². The first-order valence-corrected chi connectivity index (χ1v) is 12.1. The average molecular weight is 464 g/mol. The molecule has 1 amide bonds. The number of amides is 1. The maximum Gasteiger partial charge on any atom is 0.226 e. The first kappa shape index (κ1) is 20.7. The third-order valence-corrected chi connectivity index (χ3v) is 8.02. The first-order valence-electron chi connectivity index (χ1n) is 11.3. The van der Waals surface area contributed by atoms with Crippen molar-refractivity contribution in [2.45, 2.75) is 32.9 Å². The van der Waals surface area contributed by atoms with Crippen molar-refractivity contribution in [1.29, 1.82) is 0 Å². The molecule has 0 bridgehead atoms. The van der Waals surface area contributed by atoms with Gasteiger partial charge in [0.25, 0.3) is 0 Å². The molecule has 3 aromatic rings. The van der Waals surface area contributed by atoms with Crippen LogP contribution in [0.15, 0.2) is 29.3 Å². The summed E-state index contributed by atoms with van der Waals surface area (Å²) in [5.41, 5.74) is 4.91. The minimum absolute atomic E-state index is 0.0475. The van der Waals surface area contributed by atoms with Gasteiger partial charge in [0.1, 0.15) is 17.4 Å². The summed E-state index contributed by atoms with van der Waals surface area (Å²) in [6.07, 6.45) is 1.45. The van der Waals surface area contributed by atoms with Crippen LogP contribution in [0.25, 0.3) is 5.00 Å². The van der Waals surface area contributed by atoms with Crippen molar-refractivity contribution in [2.24, 2.45) is 10.9 Å². The van der Waals surface area contributed by atoms with Crippen LogP contribution in [0.2, 0.25) is 0 Å². The molecule has 1 unspecified atom stereocenters. The molecule has 9 heteroatoms. The summed E-state index contributed by atoms with van der Waals surface area (Å²) in [5.74, 6) is 1.82. The number of fused-ring (bicyclic) bond motifs is 5. The van der Waals surface area contributed by atoms with E-state index >= 15 is 0 Å². The highest BCUT2D eigenvalue weighted by Gasteiger charge is 2.38. The number of thiophene rings is 1. The summed E-state index contributed by atoms with van der Waals surface area (Å²) < 4.78 is 7.53. The fourth-order valence-electron chi connectivity index (χ4n) is 5.15. The number of carbonyl (C=O) groups is 1. The van der Waals surface area contributed by atoms with Crippen LogP contribution in [-0.2, 0) is 35.5 Å². The van der Waals surface area contributed by atoms with Gasteiger partial charge in [-0.25, -0.2) is 0 Å². The Balaban J connectivity index is 1.46. The number of aliphatic imine (C=N–C) groups is 1. The summed E-state index contributed by atoms with van der Waals surface area (Å²) in [7, 11) is 0. The van der Waals surface area contributed by atoms with Crippen molar-refractivity contribution in [3.05, 3.63) is 63.0 Å². The van der Waals surface area contributed by atoms with Crippen LogP contribution < -0.4 is 0 Å². The molecule has 1 N–H and O–H groups in total. The summed E-state index contributed by atoms with van der Waals surface area (Å²) in [5, 5.41) is 19.7. The summed E-state index contributed by atoms with van der Waals surface area (Å²) >= 11 is 1.72. The van der Waals surface area contributed by atoms with Gasteiger partial charge in [0.15, 0.2) is 5.82 Å². The Bertz CT molecular complexity index is 1270. The Morgan fingerprint density at radius 2 is 2.03 bits per heavy atom. The number of carbonyl (C=O) groups excluding carboxylic acids is 1. The molecule has 1 aliphatic carbocycles. The normalized spacial score (nSPS) is 19.5. The molecule has 0 saturated carbocycles. The topological polar surface area (TPSA) is 92.8 Å². The van der Waals surface area contributed by atoms with Gasteiger partial charge in [-0.1, -0.05) is 24.3 Å². The second kappa shape index (κ2) is 8.16. The van der Waals surface area contributed by atoms with Crippen molar-refractivity contribution in [1.82, 2.24) is 19.7 Å². The molecule has 0 spiro atoms. The third-order valence-electron chi connectivity index (χ3n) is 6.78. The summed E-state index contributed by atoms with van der Waals surface area (Å²) in [4.78, 5) is 21.4. The molecular formula is C24H25N5O3S. The number of aromatic nitrogens is 3. The predicted octanol–water partition coefficient (Wildman–Crippen LogP) is 2.05. The summed E-state index contributed by atoms with van der Waals surface area (Å²) in [6, 6.07) is 7.86. The third kappa shape index (κ3) is 3.34. The Morgan fingerprint density at radius 3 is 2.85 bits per heavy atom. The number of nitrogens with zero attached hydrogens (tertiary/aromatic N) is 5. The molecule has 0 radical (unpaired) electrons. The summed E-state index contributed by atoms with van der Waals surface area (Å²) in [6.45, 7) is 4.88. The van der Waals surface area contributed by atoms with Crippen molar-refractivity contribution >= 4 is 23.0 Å². The quantitative estimate of drug-likeness (QED) is 0.642. The zero-order chi connectivity index (χ0) is 22.5. The number of rotatable bonds is 3. The highest BCUT2D eigenvalue weighted by molar-refractivity contribution is 7.15. The number of aliphatic hydroxyl groups is 1. The number of aryl methyl sites for hydroxylation is 1. The Labute approximate surface area is 195 Å². The van der Waals surface area contributed by atoms with E-state index in [1.54, 1.807) is 11.3 Å². The maximum atomic E-state index is 13.3. The van der Waals surface area contributed by atoms with Gasteiger partial charge in [-0.2, -0.15) is 0 Å². The van der Waals surface area contributed by atoms with Crippen molar-refractivity contribution in [3.63, 3.8) is 0 Å². The molecule has 1 atom stereocenters. The smallest absolute Gasteiger partial charge is 0.226 e. The lowest BCUT2D eigenvalue weighted by atomic mass is 9.94. The molecule has 2 aliphatic heterocycles. The van der Waals surface area contributed by atoms with E-state index in [1.165, 1.54) is 10.4 Å². The highest BCUT2D eigenvalue weighted by Crippen LogP contribution is 2.43. The minimum atomic E-state index is -0.0554. The standard InChI is InChI=1S/C24H25N5O3S/c1-14-26-27-20-12-25-22(17-5-3-2-4-15(17)13-30)21-18-10-16(11-19(18)33-24(21)29(14)20)23(31)28-6-8-32-9-7-28/h2-5,16,30H,6-13H2,1H3. The molecular weight excluding hydrogens is 438 g/mol. The van der Waals surface area contributed by atoms with Crippen LogP contribution >= 0.6 is 11.3 Å². The number of benzene rings is 1. The number of ether oxygens (including phenoxy) is 1. The van der Waals surface area contributed by atoms with Gasteiger partial charge in [-0.15, -0.1) is 21.5 Å². The molecule has 1 fully saturated rings. The van der Waals surface area contributed by atoms with Crippen LogP contribution in [0.1, 0.15) is 38.8 Å². The van der Waals surface area contributed by atoms with Crippen LogP contribution in [0.4, 0.5) is 0 Å². The SMILES string of the molecule is Cc1nnc2n1-c1sc3c(c1C(c1ccccc1CO)=NC2)CC(C(=O)N1CCOCC1)C3. The molecule has 3 aliphatic rings. The minimum Gasteiger partial charge on any atom is -0.392 e. The van der Waals surface area contributed by atoms with E-state index in [0.717, 1.165) is 45.5 Å². The molecule has 1 aromatic carbocycles. The zero-order valence-corrected chi connectivity index (χ0v) is 19.3. The lowest BCUT2D eigenvalue weighted by Gasteiger charge is -2.29. The van der Waals surface area contributed by atoms with Gasteiger partial charge in [0.2, 0.25) is 5.91 Å². The molecule has 1 saturated heterocycles. The van der Waals surface area contributed by atoms with Crippen LogP contribution in [0.5, 0.6) is 0 Å². The Morgan fingerprint density at radius 1 is 1.21 bits per heavy atom. The predicted molar refractivity (Wildman–Crippen MR) is 124 cm³/mol. The molecule has 33 heavy (non-hydrogen) atoms. The van der Waals surface area contributed by atoms with Gasteiger partial charge in [0.05, 0.1) is 25.5 Å². The van der Waals surface area contributed by atoms with Crippen molar-refractivity contribution in [2.75, 3.05) is 26.3 Å². The number of morpholine rings is 1. The number of hydrogen-bond acceptors (Lipinski definition) is 7. The lowest BCUT2D eigenvalue weighted by molar-refractivity contribution is -0.139. The van der Waals surface area contributed by atoms with Crippen molar-refractivity contribution in [3.8, 4) is 5.00 Å². The van der Waals surface area contributed by atoms with Crippen LogP contribution in [0.3, 0.4) is 0 Å². The second-order valence-corrected chi connectivity index (χ2v) is 9.79. The number of aliphatic hydroxyl groups excluding tert-OH is 1. The van der Waals surface area contributed by atoms with E-state index in [4.69, 9.17) is 9.73 Å². The first-order chi connectivity index (χ1) is 16.2. The van der Waals surface area contributed by atoms with Gasteiger partial charge < -0.3 is 14.7 Å². The van der Waals surface area contributed by atoms with Crippen LogP contribution in [0, 0.1) is 12.8 Å². The van der Waals surface area contributed by atoms with Crippen molar-refractivity contribution < 1.29 is 14.6 Å². The van der Waals surface area contributed by atoms with E-state index < -0.39 is 0 Å². The Kier molecular flexibility index (Phi) is 5.12. The number of hydrogen-bond donors (Lipinski definition) is 1. The van der Waals surface area contributed by atoms with E-state index in [9.17, 15) is 9.90 Å². The zero-order valence-electron chi connectivity index (χ0n) is 18.5. The highest BCUT2D eigenvalue weighted by atomic mass is 32.1. The molecule has 4 heterocycles. The van der Waals surface area contributed by atoms with Gasteiger partial charge in [-0.05, 0) is 30.9 Å². The largest absolute Gasteiger partial charge is 0.392 e. The molecule has 8 nitrogen and oxygen atoms in total. The second-order valence-electron chi connectivity index (χ2n) is 8.71. The maximum absolute atomic E-state index is 13.3. The van der Waals surface area contributed by atoms with E-state index in [0.29, 0.717) is 39.3 Å². The molecule has 2 aromatic heterocycles. The average Bonchev–Trinajstić information content (AvgIpc) is 3.49. The van der Waals surface area contributed by atoms with E-state index in [2.05, 4.69) is 14.8 Å². The van der Waals surface area contributed by atoms with Crippen LogP contribution in [-0.4, -0.2) is 62.7 Å². The molecule has 6 rings (SSSR count). The Hall–Kier alpha value is -2.88. The molecule has 170 valence electrons. The monoisotopic (exact) mass is 463 g/mol. The lowest BCUT2D eigenvalue weighted by Crippen LogP contribution is -2.44. The van der Waals surface area contributed by atoms with E-state index in [-0.39, 0.29) is 18.4 Å². The van der Waals surface area contributed by atoms with E-state index in [1.807, 2.05) is 36.1 Å². The van der Waals surface area contributed by atoms with Gasteiger partial charge in [-0.3, -0.25) is 14.4 Å². The fourth-order valence-corrected chi connectivity index (χ4v) is 6.63.